The highest BCUT2D eigenvalue weighted by Crippen LogP contribution is 2.14. The van der Waals surface area contributed by atoms with Crippen LogP contribution in [-0.2, 0) is 4.74 Å². The molecule has 0 aliphatic heterocycles. The van der Waals surface area contributed by atoms with E-state index in [1.54, 1.807) is 45.0 Å². The zero-order valence-corrected chi connectivity index (χ0v) is 11.3. The van der Waals surface area contributed by atoms with Crippen LogP contribution in [0.1, 0.15) is 26.3 Å². The van der Waals surface area contributed by atoms with Crippen LogP contribution in [0.25, 0.3) is 0 Å². The van der Waals surface area contributed by atoms with Crippen molar-refractivity contribution in [2.75, 3.05) is 0 Å². The van der Waals surface area contributed by atoms with E-state index in [9.17, 15) is 4.79 Å². The first-order chi connectivity index (χ1) is 8.29. The fourth-order valence-corrected chi connectivity index (χ4v) is 1.37. The van der Waals surface area contributed by atoms with Gasteiger partial charge in [0.1, 0.15) is 5.60 Å². The van der Waals surface area contributed by atoms with E-state index in [0.29, 0.717) is 10.6 Å². The van der Waals surface area contributed by atoms with Gasteiger partial charge in [-0.05, 0) is 32.9 Å². The fourth-order valence-electron chi connectivity index (χ4n) is 1.14. The van der Waals surface area contributed by atoms with Crippen molar-refractivity contribution in [3.8, 4) is 0 Å². The molecule has 6 heteroatoms. The Kier molecular flexibility index (Phi) is 4.55. The van der Waals surface area contributed by atoms with Crippen molar-refractivity contribution in [1.29, 1.82) is 0 Å². The third kappa shape index (κ3) is 4.63. The predicted molar refractivity (Wildman–Crippen MR) is 71.5 cm³/mol. The largest absolute Gasteiger partial charge is 0.443 e. The lowest BCUT2D eigenvalue weighted by molar-refractivity contribution is 0.0529. The Morgan fingerprint density at radius 3 is 2.56 bits per heavy atom. The smallest absolute Gasteiger partial charge is 0.428 e. The average Bonchev–Trinajstić information content (AvgIpc) is 2.24. The number of nitrogens with one attached hydrogen (secondary N) is 1. The quantitative estimate of drug-likeness (QED) is 0.492. The van der Waals surface area contributed by atoms with Crippen molar-refractivity contribution < 1.29 is 9.53 Å². The average molecular weight is 270 g/mol. The van der Waals surface area contributed by atoms with Gasteiger partial charge >= 0.3 is 6.09 Å². The van der Waals surface area contributed by atoms with Gasteiger partial charge in [-0.15, -0.1) is 0 Å². The van der Waals surface area contributed by atoms with Gasteiger partial charge in [0, 0.05) is 5.56 Å². The highest BCUT2D eigenvalue weighted by molar-refractivity contribution is 6.34. The Morgan fingerprint density at radius 2 is 2.00 bits per heavy atom. The Labute approximate surface area is 111 Å². The number of carbonyl (C=O) groups excluding carboxylic acids is 1. The number of nitrogens with zero attached hydrogens (tertiary/aromatic N) is 1. The lowest BCUT2D eigenvalue weighted by atomic mass is 10.2. The van der Waals surface area contributed by atoms with Gasteiger partial charge in [0.15, 0.2) is 5.84 Å². The van der Waals surface area contributed by atoms with Crippen molar-refractivity contribution in [3.63, 3.8) is 0 Å². The zero-order chi connectivity index (χ0) is 13.8. The molecule has 0 saturated carbocycles. The summed E-state index contributed by atoms with van der Waals surface area (Å²) in [6.07, 6.45) is -0.669. The van der Waals surface area contributed by atoms with Crippen LogP contribution in [0.2, 0.25) is 5.02 Å². The summed E-state index contributed by atoms with van der Waals surface area (Å²) in [6.45, 7) is 5.27. The molecule has 18 heavy (non-hydrogen) atoms. The molecule has 0 atom stereocenters. The van der Waals surface area contributed by atoms with Gasteiger partial charge in [0.05, 0.1) is 5.02 Å². The molecule has 1 rings (SSSR count). The van der Waals surface area contributed by atoms with Crippen LogP contribution in [0.5, 0.6) is 0 Å². The third-order valence-electron chi connectivity index (χ3n) is 1.82. The van der Waals surface area contributed by atoms with Gasteiger partial charge in [0.2, 0.25) is 0 Å². The van der Waals surface area contributed by atoms with E-state index in [2.05, 4.69) is 10.5 Å². The minimum absolute atomic E-state index is 0.117. The van der Waals surface area contributed by atoms with Crippen LogP contribution in [0.3, 0.4) is 0 Å². The Bertz CT molecular complexity index is 467. The molecule has 0 aliphatic carbocycles. The number of rotatable bonds is 2. The van der Waals surface area contributed by atoms with Gasteiger partial charge in [-0.25, -0.2) is 10.2 Å². The maximum atomic E-state index is 11.4. The third-order valence-corrected chi connectivity index (χ3v) is 2.15. The lowest BCUT2D eigenvalue weighted by Crippen LogP contribution is -2.31. The summed E-state index contributed by atoms with van der Waals surface area (Å²) in [7, 11) is 0. The van der Waals surface area contributed by atoms with E-state index in [0.717, 1.165) is 0 Å². The van der Waals surface area contributed by atoms with Crippen molar-refractivity contribution >= 4 is 23.5 Å². The number of hydrogen-bond donors (Lipinski definition) is 2. The highest BCUT2D eigenvalue weighted by Gasteiger charge is 2.15. The molecule has 0 aromatic heterocycles. The number of hydrazone groups is 1. The van der Waals surface area contributed by atoms with E-state index < -0.39 is 11.7 Å². The minimum Gasteiger partial charge on any atom is -0.443 e. The van der Waals surface area contributed by atoms with E-state index in [-0.39, 0.29) is 5.84 Å². The summed E-state index contributed by atoms with van der Waals surface area (Å²) in [5, 5.41) is 4.19. The molecule has 0 fully saturated rings. The summed E-state index contributed by atoms with van der Waals surface area (Å²) >= 11 is 5.94. The zero-order valence-electron chi connectivity index (χ0n) is 10.5. The minimum atomic E-state index is -0.669. The summed E-state index contributed by atoms with van der Waals surface area (Å²) in [5.41, 5.74) is 7.88. The SMILES string of the molecule is CC(C)(C)OC(=O)N/N=C(\N)c1ccccc1Cl. The number of ether oxygens (including phenoxy) is 1. The number of carbonyl (C=O) groups is 1. The fraction of sp³-hybridized carbons (Fsp3) is 0.333. The van der Waals surface area contributed by atoms with Crippen LogP contribution < -0.4 is 11.2 Å². The van der Waals surface area contributed by atoms with Gasteiger partial charge in [-0.3, -0.25) is 0 Å². The van der Waals surface area contributed by atoms with E-state index in [1.165, 1.54) is 0 Å². The Balaban J connectivity index is 2.69. The molecule has 0 bridgehead atoms. The lowest BCUT2D eigenvalue weighted by Gasteiger charge is -2.18. The van der Waals surface area contributed by atoms with Crippen LogP contribution in [-0.4, -0.2) is 17.5 Å². The van der Waals surface area contributed by atoms with Gasteiger partial charge < -0.3 is 10.5 Å². The molecular formula is C12H16ClN3O2. The highest BCUT2D eigenvalue weighted by atomic mass is 35.5. The Hall–Kier alpha value is -1.75. The molecule has 0 unspecified atom stereocenters. The second-order valence-corrected chi connectivity index (χ2v) is 5.00. The maximum Gasteiger partial charge on any atom is 0.428 e. The molecule has 1 aromatic rings. The molecule has 0 radical (unpaired) electrons. The molecular weight excluding hydrogens is 254 g/mol. The molecule has 1 aromatic carbocycles. The predicted octanol–water partition coefficient (Wildman–Crippen LogP) is 2.49. The summed E-state index contributed by atoms with van der Waals surface area (Å²) in [5.74, 6) is 0.117. The number of amidine groups is 1. The number of benzene rings is 1. The molecule has 0 aliphatic rings. The van der Waals surface area contributed by atoms with Crippen LogP contribution in [0.4, 0.5) is 4.79 Å². The number of nitrogens with two attached hydrogens (primary N) is 1. The molecule has 5 nitrogen and oxygen atoms in total. The second-order valence-electron chi connectivity index (χ2n) is 4.59. The molecule has 0 heterocycles. The molecule has 3 N–H and O–H groups in total. The number of halogens is 1. The first kappa shape index (κ1) is 14.3. The van der Waals surface area contributed by atoms with Gasteiger partial charge in [-0.2, -0.15) is 5.10 Å². The van der Waals surface area contributed by atoms with E-state index >= 15 is 0 Å². The maximum absolute atomic E-state index is 11.4. The van der Waals surface area contributed by atoms with Crippen molar-refractivity contribution in [3.05, 3.63) is 34.9 Å². The number of hydrogen-bond acceptors (Lipinski definition) is 3. The van der Waals surface area contributed by atoms with Crippen LogP contribution in [0.15, 0.2) is 29.4 Å². The molecule has 0 saturated heterocycles. The van der Waals surface area contributed by atoms with Gasteiger partial charge in [0.25, 0.3) is 0 Å². The second kappa shape index (κ2) is 5.73. The monoisotopic (exact) mass is 269 g/mol. The van der Waals surface area contributed by atoms with Crippen LogP contribution in [0, 0.1) is 0 Å². The number of amides is 1. The standard InChI is InChI=1S/C12H16ClN3O2/c1-12(2,3)18-11(17)16-15-10(14)8-6-4-5-7-9(8)13/h4-7H,1-3H3,(H2,14,15)(H,16,17). The van der Waals surface area contributed by atoms with E-state index in [4.69, 9.17) is 22.1 Å². The summed E-state index contributed by atoms with van der Waals surface area (Å²) in [6, 6.07) is 6.95. The summed E-state index contributed by atoms with van der Waals surface area (Å²) in [4.78, 5) is 11.4. The van der Waals surface area contributed by atoms with Crippen molar-refractivity contribution in [2.24, 2.45) is 10.8 Å². The van der Waals surface area contributed by atoms with Crippen LogP contribution >= 0.6 is 11.6 Å². The molecule has 98 valence electrons. The van der Waals surface area contributed by atoms with Crippen molar-refractivity contribution in [2.45, 2.75) is 26.4 Å². The normalized spacial score (nSPS) is 12.1. The topological polar surface area (TPSA) is 76.7 Å². The first-order valence-electron chi connectivity index (χ1n) is 5.36. The van der Waals surface area contributed by atoms with E-state index in [1.807, 2.05) is 0 Å². The Morgan fingerprint density at radius 1 is 1.39 bits per heavy atom. The molecule has 1 amide bonds. The first-order valence-corrected chi connectivity index (χ1v) is 5.74. The van der Waals surface area contributed by atoms with Gasteiger partial charge in [-0.1, -0.05) is 23.7 Å². The molecule has 0 spiro atoms. The summed E-state index contributed by atoms with van der Waals surface area (Å²) < 4.78 is 5.01. The van der Waals surface area contributed by atoms with Crippen molar-refractivity contribution in [1.82, 2.24) is 5.43 Å².